The molecule has 1 aliphatic heterocycles. The molecule has 9 heteroatoms. The lowest BCUT2D eigenvalue weighted by atomic mass is 10.0. The van der Waals surface area contributed by atoms with E-state index in [0.29, 0.717) is 29.7 Å². The number of anilines is 1. The normalized spacial score (nSPS) is 16.6. The summed E-state index contributed by atoms with van der Waals surface area (Å²) in [5, 5.41) is 0.407. The molecule has 1 fully saturated rings. The molecule has 2 aromatic rings. The van der Waals surface area contributed by atoms with Crippen LogP contribution in [0, 0.1) is 5.92 Å². The molecule has 0 radical (unpaired) electrons. The Morgan fingerprint density at radius 1 is 1.19 bits per heavy atom. The van der Waals surface area contributed by atoms with Crippen molar-refractivity contribution in [1.29, 1.82) is 0 Å². The van der Waals surface area contributed by atoms with Crippen LogP contribution in [0.2, 0.25) is 5.02 Å². The molecule has 31 heavy (non-hydrogen) atoms. The molecule has 1 atom stereocenters. The zero-order valence-corrected chi connectivity index (χ0v) is 19.0. The highest BCUT2D eigenvalue weighted by atomic mass is 35.5. The molecule has 0 aliphatic carbocycles. The van der Waals surface area contributed by atoms with Crippen LogP contribution in [0.25, 0.3) is 0 Å². The molecular weight excluding hydrogens is 440 g/mol. The molecule has 0 bridgehead atoms. The van der Waals surface area contributed by atoms with Crippen molar-refractivity contribution in [2.75, 3.05) is 31.0 Å². The number of rotatable bonds is 6. The van der Waals surface area contributed by atoms with E-state index < -0.39 is 16.0 Å². The fourth-order valence-electron chi connectivity index (χ4n) is 3.47. The first-order valence-electron chi connectivity index (χ1n) is 9.98. The van der Waals surface area contributed by atoms with Gasteiger partial charge in [0, 0.05) is 25.2 Å². The van der Waals surface area contributed by atoms with Gasteiger partial charge in [-0.05, 0) is 55.2 Å². The maximum atomic E-state index is 13.0. The lowest BCUT2D eigenvalue weighted by Gasteiger charge is -2.30. The smallest absolute Gasteiger partial charge is 0.338 e. The summed E-state index contributed by atoms with van der Waals surface area (Å²) < 4.78 is 32.2. The molecule has 166 valence electrons. The van der Waals surface area contributed by atoms with Crippen LogP contribution in [0.1, 0.15) is 30.1 Å². The van der Waals surface area contributed by atoms with Crippen molar-refractivity contribution in [2.45, 2.75) is 24.7 Å². The second kappa shape index (κ2) is 9.70. The first-order valence-corrected chi connectivity index (χ1v) is 11.8. The molecule has 1 heterocycles. The number of esters is 1. The monoisotopic (exact) mass is 464 g/mol. The maximum absolute atomic E-state index is 13.0. The van der Waals surface area contributed by atoms with E-state index in [9.17, 15) is 18.0 Å². The molecule has 1 saturated heterocycles. The molecule has 0 aromatic heterocycles. The molecule has 1 unspecified atom stereocenters. The number of carbonyl (C=O) groups is 2. The zero-order chi connectivity index (χ0) is 22.6. The van der Waals surface area contributed by atoms with Gasteiger partial charge >= 0.3 is 5.97 Å². The fraction of sp³-hybridized carbons (Fsp3) is 0.364. The van der Waals surface area contributed by atoms with Crippen LogP contribution in [-0.4, -0.2) is 51.9 Å². The van der Waals surface area contributed by atoms with Gasteiger partial charge in [-0.15, -0.1) is 0 Å². The minimum Gasteiger partial charge on any atom is -0.452 e. The molecule has 0 saturated carbocycles. The first kappa shape index (κ1) is 23.1. The quantitative estimate of drug-likeness (QED) is 0.610. The third kappa shape index (κ3) is 5.57. The van der Waals surface area contributed by atoms with Crippen molar-refractivity contribution < 1.29 is 22.7 Å². The van der Waals surface area contributed by atoms with Gasteiger partial charge in [-0.25, -0.2) is 13.2 Å². The highest BCUT2D eigenvalue weighted by Crippen LogP contribution is 2.25. The Balaban J connectivity index is 1.70. The largest absolute Gasteiger partial charge is 0.452 e. The molecule has 1 aliphatic rings. The summed E-state index contributed by atoms with van der Waals surface area (Å²) in [5.74, 6) is -0.572. The van der Waals surface area contributed by atoms with Crippen molar-refractivity contribution in [3.05, 3.63) is 59.1 Å². The van der Waals surface area contributed by atoms with Gasteiger partial charge in [0.2, 0.25) is 0 Å². The number of benzene rings is 2. The Labute approximate surface area is 187 Å². The lowest BCUT2D eigenvalue weighted by molar-refractivity contribution is -0.136. The van der Waals surface area contributed by atoms with Crippen LogP contribution < -0.4 is 4.31 Å². The van der Waals surface area contributed by atoms with Gasteiger partial charge in [0.25, 0.3) is 15.9 Å². The van der Waals surface area contributed by atoms with Gasteiger partial charge in [-0.3, -0.25) is 9.10 Å². The second-order valence-electron chi connectivity index (χ2n) is 7.64. The number of amides is 1. The number of ether oxygens (including phenoxy) is 1. The molecule has 3 rings (SSSR count). The number of halogens is 1. The van der Waals surface area contributed by atoms with Crippen LogP contribution in [-0.2, 0) is 19.6 Å². The van der Waals surface area contributed by atoms with E-state index in [1.54, 1.807) is 23.1 Å². The number of hydrogen-bond donors (Lipinski definition) is 0. The van der Waals surface area contributed by atoms with E-state index in [4.69, 9.17) is 16.3 Å². The number of nitrogens with zero attached hydrogens (tertiary/aromatic N) is 2. The average molecular weight is 465 g/mol. The zero-order valence-electron chi connectivity index (χ0n) is 17.5. The summed E-state index contributed by atoms with van der Waals surface area (Å²) in [4.78, 5) is 26.4. The Kier molecular flexibility index (Phi) is 7.23. The van der Waals surface area contributed by atoms with Crippen molar-refractivity contribution in [1.82, 2.24) is 4.90 Å². The third-order valence-corrected chi connectivity index (χ3v) is 7.25. The number of sulfonamides is 1. The van der Waals surface area contributed by atoms with Crippen LogP contribution in [0.4, 0.5) is 5.69 Å². The minimum atomic E-state index is -3.93. The molecule has 0 N–H and O–H groups in total. The van der Waals surface area contributed by atoms with Gasteiger partial charge in [-0.1, -0.05) is 30.7 Å². The molecule has 7 nitrogen and oxygen atoms in total. The van der Waals surface area contributed by atoms with E-state index in [1.165, 1.54) is 37.4 Å². The first-order chi connectivity index (χ1) is 14.7. The van der Waals surface area contributed by atoms with E-state index in [-0.39, 0.29) is 23.0 Å². The van der Waals surface area contributed by atoms with E-state index in [2.05, 4.69) is 6.92 Å². The summed E-state index contributed by atoms with van der Waals surface area (Å²) >= 11 is 5.96. The Bertz CT molecular complexity index is 1070. The Morgan fingerprint density at radius 3 is 2.65 bits per heavy atom. The van der Waals surface area contributed by atoms with Crippen LogP contribution in [0.15, 0.2) is 53.4 Å². The van der Waals surface area contributed by atoms with Crippen LogP contribution >= 0.6 is 11.6 Å². The van der Waals surface area contributed by atoms with Gasteiger partial charge in [0.1, 0.15) is 0 Å². The Hall–Kier alpha value is -2.58. The van der Waals surface area contributed by atoms with Crippen molar-refractivity contribution >= 4 is 39.2 Å². The van der Waals surface area contributed by atoms with Gasteiger partial charge in [0.15, 0.2) is 6.61 Å². The van der Waals surface area contributed by atoms with Gasteiger partial charge in [-0.2, -0.15) is 0 Å². The topological polar surface area (TPSA) is 84.0 Å². The third-order valence-electron chi connectivity index (χ3n) is 5.24. The van der Waals surface area contributed by atoms with Crippen molar-refractivity contribution in [3.8, 4) is 0 Å². The number of hydrogen-bond acceptors (Lipinski definition) is 5. The van der Waals surface area contributed by atoms with Crippen molar-refractivity contribution in [2.24, 2.45) is 5.92 Å². The van der Waals surface area contributed by atoms with E-state index >= 15 is 0 Å². The summed E-state index contributed by atoms with van der Waals surface area (Å²) in [6.45, 7) is 3.02. The molecule has 0 spiro atoms. The SMILES string of the molecule is CC1CCCN(C(=O)COC(=O)c2cccc(S(=O)(=O)N(C)c3cccc(Cl)c3)c2)C1. The molecular formula is C22H25ClN2O5S. The number of piperidine rings is 1. The standard InChI is InChI=1S/C22H25ClN2O5S/c1-16-6-5-11-25(14-16)21(26)15-30-22(27)17-7-3-10-20(12-17)31(28,29)24(2)19-9-4-8-18(23)13-19/h3-4,7-10,12-13,16H,5-6,11,14-15H2,1-2H3. The van der Waals surface area contributed by atoms with Gasteiger partial charge in [0.05, 0.1) is 16.1 Å². The summed E-state index contributed by atoms with van der Waals surface area (Å²) in [5.41, 5.74) is 0.446. The maximum Gasteiger partial charge on any atom is 0.338 e. The predicted octanol–water partition coefficient (Wildman–Crippen LogP) is 3.58. The average Bonchev–Trinajstić information content (AvgIpc) is 2.76. The summed E-state index contributed by atoms with van der Waals surface area (Å²) in [6, 6.07) is 12.0. The highest BCUT2D eigenvalue weighted by Gasteiger charge is 2.24. The highest BCUT2D eigenvalue weighted by molar-refractivity contribution is 7.92. The van der Waals surface area contributed by atoms with E-state index in [0.717, 1.165) is 17.1 Å². The lowest BCUT2D eigenvalue weighted by Crippen LogP contribution is -2.41. The molecule has 1 amide bonds. The Morgan fingerprint density at radius 2 is 1.94 bits per heavy atom. The summed E-state index contributed by atoms with van der Waals surface area (Å²) in [6.07, 6.45) is 2.01. The van der Waals surface area contributed by atoms with E-state index in [1.807, 2.05) is 0 Å². The fourth-order valence-corrected chi connectivity index (χ4v) is 4.89. The number of likely N-dealkylation sites (tertiary alicyclic amines) is 1. The summed E-state index contributed by atoms with van der Waals surface area (Å²) in [7, 11) is -2.52. The van der Waals surface area contributed by atoms with Crippen LogP contribution in [0.5, 0.6) is 0 Å². The van der Waals surface area contributed by atoms with Gasteiger partial charge < -0.3 is 9.64 Å². The second-order valence-corrected chi connectivity index (χ2v) is 10.0. The minimum absolute atomic E-state index is 0.0559. The molecule has 2 aromatic carbocycles. The number of carbonyl (C=O) groups excluding carboxylic acids is 2. The van der Waals surface area contributed by atoms with Crippen LogP contribution in [0.3, 0.4) is 0 Å². The van der Waals surface area contributed by atoms with Crippen molar-refractivity contribution in [3.63, 3.8) is 0 Å². The predicted molar refractivity (Wildman–Crippen MR) is 119 cm³/mol.